The van der Waals surface area contributed by atoms with Crippen molar-refractivity contribution in [1.29, 1.82) is 0 Å². The Morgan fingerprint density at radius 1 is 1.68 bits per heavy atom. The van der Waals surface area contributed by atoms with E-state index in [0.717, 1.165) is 4.57 Å². The minimum atomic E-state index is -1.75. The molecule has 0 radical (unpaired) electrons. The molecule has 120 valence electrons. The maximum absolute atomic E-state index is 11.8. The molecular weight excluding hydrogens is 292 g/mol. The van der Waals surface area contributed by atoms with Crippen LogP contribution < -0.4 is 11.2 Å². The topological polar surface area (TPSA) is 111 Å². The van der Waals surface area contributed by atoms with Gasteiger partial charge in [0.15, 0.2) is 11.4 Å². The molecule has 2 rings (SSSR count). The van der Waals surface area contributed by atoms with E-state index in [0.29, 0.717) is 0 Å². The lowest BCUT2D eigenvalue weighted by atomic mass is 9.91. The van der Waals surface area contributed by atoms with Gasteiger partial charge < -0.3 is 14.6 Å². The van der Waals surface area contributed by atoms with Crippen LogP contribution in [0.1, 0.15) is 19.6 Å². The number of nitrogens with one attached hydrogen (secondary N) is 1. The Morgan fingerprint density at radius 3 is 3.00 bits per heavy atom. The van der Waals surface area contributed by atoms with Crippen LogP contribution >= 0.6 is 0 Å². The van der Waals surface area contributed by atoms with Gasteiger partial charge in [0.1, 0.15) is 12.3 Å². The number of H-pyrrole nitrogens is 1. The van der Waals surface area contributed by atoms with Gasteiger partial charge in [-0.15, -0.1) is 6.58 Å². The van der Waals surface area contributed by atoms with Crippen molar-refractivity contribution in [2.45, 2.75) is 31.3 Å². The highest BCUT2D eigenvalue weighted by Gasteiger charge is 2.51. The summed E-state index contributed by atoms with van der Waals surface area (Å²) in [5.41, 5.74) is -2.95. The Morgan fingerprint density at radius 2 is 2.41 bits per heavy atom. The molecule has 8 heteroatoms. The summed E-state index contributed by atoms with van der Waals surface area (Å²) in [6, 6.07) is 1.17. The van der Waals surface area contributed by atoms with Crippen LogP contribution in [0.25, 0.3) is 0 Å². The zero-order valence-corrected chi connectivity index (χ0v) is 12.2. The van der Waals surface area contributed by atoms with Crippen molar-refractivity contribution in [3.05, 3.63) is 45.8 Å². The molecule has 3 atom stereocenters. The first-order chi connectivity index (χ1) is 10.4. The molecule has 0 aromatic carbocycles. The third-order valence-corrected chi connectivity index (χ3v) is 3.62. The molecule has 1 fully saturated rings. The summed E-state index contributed by atoms with van der Waals surface area (Å²) in [5, 5.41) is 10.5. The summed E-state index contributed by atoms with van der Waals surface area (Å²) >= 11 is 0. The molecule has 0 saturated carbocycles. The lowest BCUT2D eigenvalue weighted by Crippen LogP contribution is -2.47. The normalized spacial score (nSPS) is 27.7. The number of ether oxygens (including phenoxy) is 2. The van der Waals surface area contributed by atoms with Gasteiger partial charge in [-0.05, 0) is 6.92 Å². The molecule has 0 amide bonds. The largest absolute Gasteiger partial charge is 0.379 e. The number of ketones is 1. The summed E-state index contributed by atoms with van der Waals surface area (Å²) in [6.07, 6.45) is 0.922. The third kappa shape index (κ3) is 3.08. The zero-order valence-electron chi connectivity index (χ0n) is 12.2. The van der Waals surface area contributed by atoms with Crippen LogP contribution in [0.4, 0.5) is 0 Å². The lowest BCUT2D eigenvalue weighted by Gasteiger charge is -2.24. The van der Waals surface area contributed by atoms with E-state index >= 15 is 0 Å². The smallest absolute Gasteiger partial charge is 0.330 e. The predicted molar refractivity (Wildman–Crippen MR) is 76.5 cm³/mol. The van der Waals surface area contributed by atoms with Crippen molar-refractivity contribution in [2.75, 3.05) is 13.2 Å². The van der Waals surface area contributed by atoms with Crippen LogP contribution in [0, 0.1) is 0 Å². The van der Waals surface area contributed by atoms with Gasteiger partial charge in [-0.3, -0.25) is 19.1 Å². The second kappa shape index (κ2) is 6.39. The van der Waals surface area contributed by atoms with Gasteiger partial charge in [0, 0.05) is 18.7 Å². The van der Waals surface area contributed by atoms with Crippen molar-refractivity contribution < 1.29 is 19.4 Å². The first-order valence-electron chi connectivity index (χ1n) is 6.77. The fraction of sp³-hybridized carbons (Fsp3) is 0.500. The van der Waals surface area contributed by atoms with Crippen LogP contribution in [0.3, 0.4) is 0 Å². The molecule has 0 aliphatic carbocycles. The summed E-state index contributed by atoms with van der Waals surface area (Å²) in [5.74, 6) is -0.473. The number of Topliss-reactive ketones (excluding diaryl/α,β-unsaturated/α-hetero) is 1. The molecule has 22 heavy (non-hydrogen) atoms. The molecular formula is C14H18N2O6. The van der Waals surface area contributed by atoms with E-state index in [4.69, 9.17) is 9.47 Å². The monoisotopic (exact) mass is 310 g/mol. The summed E-state index contributed by atoms with van der Waals surface area (Å²) < 4.78 is 12.0. The quantitative estimate of drug-likeness (QED) is 0.533. The fourth-order valence-electron chi connectivity index (χ4n) is 2.37. The molecule has 0 unspecified atom stereocenters. The Kier molecular flexibility index (Phi) is 4.74. The van der Waals surface area contributed by atoms with Gasteiger partial charge in [-0.2, -0.15) is 0 Å². The Labute approximate surface area is 126 Å². The van der Waals surface area contributed by atoms with E-state index in [1.165, 1.54) is 25.3 Å². The average molecular weight is 310 g/mol. The molecule has 2 N–H and O–H groups in total. The Balaban J connectivity index is 2.26. The van der Waals surface area contributed by atoms with Crippen LogP contribution in [0.2, 0.25) is 0 Å². The zero-order chi connectivity index (χ0) is 16.3. The van der Waals surface area contributed by atoms with Crippen molar-refractivity contribution in [2.24, 2.45) is 0 Å². The number of rotatable bonds is 6. The van der Waals surface area contributed by atoms with Crippen molar-refractivity contribution in [1.82, 2.24) is 9.55 Å². The summed E-state index contributed by atoms with van der Waals surface area (Å²) in [6.45, 7) is 4.99. The van der Waals surface area contributed by atoms with E-state index in [2.05, 4.69) is 11.6 Å². The number of hydrogen-bond acceptors (Lipinski definition) is 6. The second-order valence-corrected chi connectivity index (χ2v) is 5.11. The minimum Gasteiger partial charge on any atom is -0.379 e. The standard InChI is InChI=1S/C14H18N2O6/c1-3-6-21-8-10-14(20,9(2)17)7-12(22-10)16-5-4-11(18)15-13(16)19/h3-5,10,12,20H,1,6-8H2,2H3,(H,15,18,19)/t10-,12-,14-/m1/s1. The highest BCUT2D eigenvalue weighted by atomic mass is 16.6. The van der Waals surface area contributed by atoms with Crippen molar-refractivity contribution >= 4 is 5.78 Å². The van der Waals surface area contributed by atoms with E-state index in [-0.39, 0.29) is 19.6 Å². The van der Waals surface area contributed by atoms with Gasteiger partial charge in [-0.25, -0.2) is 4.79 Å². The van der Waals surface area contributed by atoms with Crippen LogP contribution in [0.5, 0.6) is 0 Å². The molecule has 0 spiro atoms. The molecule has 1 aliphatic rings. The van der Waals surface area contributed by atoms with Crippen molar-refractivity contribution in [3.63, 3.8) is 0 Å². The van der Waals surface area contributed by atoms with E-state index in [9.17, 15) is 19.5 Å². The number of nitrogens with zero attached hydrogens (tertiary/aromatic N) is 1. The van der Waals surface area contributed by atoms with E-state index in [1.807, 2.05) is 0 Å². The highest BCUT2D eigenvalue weighted by Crippen LogP contribution is 2.36. The minimum absolute atomic E-state index is 0.0172. The van der Waals surface area contributed by atoms with E-state index in [1.54, 1.807) is 0 Å². The maximum Gasteiger partial charge on any atom is 0.330 e. The number of carbonyl (C=O) groups is 1. The van der Waals surface area contributed by atoms with Crippen LogP contribution in [0.15, 0.2) is 34.5 Å². The Bertz CT molecular complexity index is 678. The maximum atomic E-state index is 11.8. The molecule has 0 bridgehead atoms. The number of carbonyl (C=O) groups excluding carboxylic acids is 1. The number of aliphatic hydroxyl groups is 1. The van der Waals surface area contributed by atoms with Crippen molar-refractivity contribution in [3.8, 4) is 0 Å². The average Bonchev–Trinajstić information content (AvgIpc) is 2.78. The number of aromatic amines is 1. The molecule has 8 nitrogen and oxygen atoms in total. The first kappa shape index (κ1) is 16.3. The molecule has 2 heterocycles. The SMILES string of the molecule is C=CCOC[C@H]1O[C@@H](n2ccc(=O)[nH]c2=O)C[C@@]1(O)C(C)=O. The fourth-order valence-corrected chi connectivity index (χ4v) is 2.37. The van der Waals surface area contributed by atoms with Gasteiger partial charge >= 0.3 is 5.69 Å². The van der Waals surface area contributed by atoms with Gasteiger partial charge in [0.2, 0.25) is 0 Å². The van der Waals surface area contributed by atoms with Gasteiger partial charge in [-0.1, -0.05) is 6.08 Å². The molecule has 1 aliphatic heterocycles. The third-order valence-electron chi connectivity index (χ3n) is 3.62. The highest BCUT2D eigenvalue weighted by molar-refractivity contribution is 5.85. The lowest BCUT2D eigenvalue weighted by molar-refractivity contribution is -0.146. The predicted octanol–water partition coefficient (Wildman–Crippen LogP) is -0.653. The molecule has 1 aromatic rings. The second-order valence-electron chi connectivity index (χ2n) is 5.11. The summed E-state index contributed by atoms with van der Waals surface area (Å²) in [4.78, 5) is 36.8. The van der Waals surface area contributed by atoms with Gasteiger partial charge in [0.05, 0.1) is 13.2 Å². The summed E-state index contributed by atoms with van der Waals surface area (Å²) in [7, 11) is 0. The molecule has 1 aromatic heterocycles. The molecule has 1 saturated heterocycles. The van der Waals surface area contributed by atoms with E-state index < -0.39 is 35.0 Å². The Hall–Kier alpha value is -2.03. The van der Waals surface area contributed by atoms with Crippen LogP contribution in [-0.4, -0.2) is 45.4 Å². The first-order valence-corrected chi connectivity index (χ1v) is 6.77. The number of hydrogen-bond donors (Lipinski definition) is 2. The van der Waals surface area contributed by atoms with Gasteiger partial charge in [0.25, 0.3) is 5.56 Å². The van der Waals surface area contributed by atoms with Crippen LogP contribution in [-0.2, 0) is 14.3 Å². The number of aromatic nitrogens is 2.